The number of carbonyl (C=O) groups is 2. The van der Waals surface area contributed by atoms with Gasteiger partial charge in [-0.1, -0.05) is 48.5 Å². The van der Waals surface area contributed by atoms with E-state index in [1.165, 1.54) is 0 Å². The number of benzene rings is 2. The first-order valence-electron chi connectivity index (χ1n) is 9.77. The van der Waals surface area contributed by atoms with Crippen LogP contribution < -0.4 is 0 Å². The van der Waals surface area contributed by atoms with E-state index in [0.717, 1.165) is 37.1 Å². The van der Waals surface area contributed by atoms with Gasteiger partial charge >= 0.3 is 0 Å². The lowest BCUT2D eigenvalue weighted by Gasteiger charge is -2.31. The van der Waals surface area contributed by atoms with Gasteiger partial charge in [0.15, 0.2) is 0 Å². The Morgan fingerprint density at radius 1 is 1.00 bits per heavy atom. The largest absolute Gasteiger partial charge is 0.343 e. The quantitative estimate of drug-likeness (QED) is 0.770. The third-order valence-corrected chi connectivity index (χ3v) is 5.41. The average molecular weight is 364 g/mol. The van der Waals surface area contributed by atoms with Gasteiger partial charge in [-0.05, 0) is 43.9 Å². The van der Waals surface area contributed by atoms with E-state index in [4.69, 9.17) is 0 Å². The Morgan fingerprint density at radius 2 is 1.63 bits per heavy atom. The van der Waals surface area contributed by atoms with E-state index in [2.05, 4.69) is 0 Å². The molecule has 2 aromatic rings. The van der Waals surface area contributed by atoms with Gasteiger partial charge < -0.3 is 9.80 Å². The number of aryl methyl sites for hydroxylation is 1. The molecule has 1 atom stereocenters. The Balaban J connectivity index is 1.80. The van der Waals surface area contributed by atoms with Crippen molar-refractivity contribution in [3.05, 3.63) is 71.3 Å². The molecular weight excluding hydrogens is 336 g/mol. The van der Waals surface area contributed by atoms with E-state index in [1.54, 1.807) is 0 Å². The molecule has 4 heteroatoms. The van der Waals surface area contributed by atoms with Gasteiger partial charge in [-0.2, -0.15) is 0 Å². The number of likely N-dealkylation sites (tertiary alicyclic amines) is 1. The highest BCUT2D eigenvalue weighted by atomic mass is 16.2. The summed E-state index contributed by atoms with van der Waals surface area (Å²) in [5.41, 5.74) is 2.74. The Morgan fingerprint density at radius 3 is 2.30 bits per heavy atom. The summed E-state index contributed by atoms with van der Waals surface area (Å²) < 4.78 is 0. The van der Waals surface area contributed by atoms with Crippen LogP contribution in [-0.4, -0.2) is 41.2 Å². The second-order valence-electron chi connectivity index (χ2n) is 7.24. The molecular formula is C23H28N2O2. The van der Waals surface area contributed by atoms with Gasteiger partial charge in [-0.25, -0.2) is 0 Å². The average Bonchev–Trinajstić information content (AvgIpc) is 3.23. The summed E-state index contributed by atoms with van der Waals surface area (Å²) in [6.07, 6.45) is 2.53. The number of hydrogen-bond donors (Lipinski definition) is 0. The summed E-state index contributed by atoms with van der Waals surface area (Å²) in [5, 5.41) is 0. The Kier molecular flexibility index (Phi) is 6.28. The molecule has 4 nitrogen and oxygen atoms in total. The molecule has 142 valence electrons. The molecule has 0 aliphatic carbocycles. The standard InChI is InChI=1S/C23H28N2O2/c1-18-10-6-7-13-21(18)23(27)25(19(2)20-11-4-3-5-12-20)17-14-22(26)24-15-8-9-16-24/h3-7,10-13,19H,8-9,14-17H2,1-2H3. The van der Waals surface area contributed by atoms with Crippen molar-refractivity contribution in [2.45, 2.75) is 39.2 Å². The third kappa shape index (κ3) is 4.57. The maximum Gasteiger partial charge on any atom is 0.254 e. The minimum absolute atomic E-state index is 0.0151. The topological polar surface area (TPSA) is 40.6 Å². The van der Waals surface area contributed by atoms with Crippen molar-refractivity contribution in [3.8, 4) is 0 Å². The summed E-state index contributed by atoms with van der Waals surface area (Å²) in [6, 6.07) is 17.6. The van der Waals surface area contributed by atoms with Gasteiger partial charge in [0.1, 0.15) is 0 Å². The monoisotopic (exact) mass is 364 g/mol. The van der Waals surface area contributed by atoms with E-state index < -0.39 is 0 Å². The van der Waals surface area contributed by atoms with Crippen LogP contribution >= 0.6 is 0 Å². The molecule has 1 aliphatic rings. The lowest BCUT2D eigenvalue weighted by molar-refractivity contribution is -0.130. The second kappa shape index (κ2) is 8.85. The minimum Gasteiger partial charge on any atom is -0.343 e. The van der Waals surface area contributed by atoms with Crippen molar-refractivity contribution in [2.75, 3.05) is 19.6 Å². The highest BCUT2D eigenvalue weighted by Crippen LogP contribution is 2.24. The van der Waals surface area contributed by atoms with Crippen molar-refractivity contribution < 1.29 is 9.59 Å². The predicted octanol–water partition coefficient (Wildman–Crippen LogP) is 4.21. The molecule has 27 heavy (non-hydrogen) atoms. The van der Waals surface area contributed by atoms with Crippen LogP contribution in [0, 0.1) is 6.92 Å². The predicted molar refractivity (Wildman–Crippen MR) is 108 cm³/mol. The summed E-state index contributed by atoms with van der Waals surface area (Å²) in [5.74, 6) is 0.133. The Hall–Kier alpha value is -2.62. The van der Waals surface area contributed by atoms with Gasteiger partial charge in [0.25, 0.3) is 5.91 Å². The summed E-state index contributed by atoms with van der Waals surface area (Å²) >= 11 is 0. The highest BCUT2D eigenvalue weighted by Gasteiger charge is 2.26. The van der Waals surface area contributed by atoms with Crippen LogP contribution in [0.25, 0.3) is 0 Å². The van der Waals surface area contributed by atoms with Gasteiger partial charge in [0, 0.05) is 31.6 Å². The van der Waals surface area contributed by atoms with Gasteiger partial charge in [0.05, 0.1) is 6.04 Å². The summed E-state index contributed by atoms with van der Waals surface area (Å²) in [6.45, 7) is 6.11. The molecule has 3 rings (SSSR count). The number of rotatable bonds is 6. The van der Waals surface area contributed by atoms with Crippen LogP contribution in [0.2, 0.25) is 0 Å². The first-order valence-corrected chi connectivity index (χ1v) is 9.77. The molecule has 2 aromatic carbocycles. The Bertz CT molecular complexity index is 782. The van der Waals surface area contributed by atoms with Crippen molar-refractivity contribution in [1.29, 1.82) is 0 Å². The molecule has 0 bridgehead atoms. The Labute approximate surface area is 161 Å². The lowest BCUT2D eigenvalue weighted by Crippen LogP contribution is -2.38. The van der Waals surface area contributed by atoms with Crippen LogP contribution in [-0.2, 0) is 4.79 Å². The molecule has 0 N–H and O–H groups in total. The van der Waals surface area contributed by atoms with E-state index >= 15 is 0 Å². The van der Waals surface area contributed by atoms with Crippen LogP contribution in [0.1, 0.15) is 53.7 Å². The summed E-state index contributed by atoms with van der Waals surface area (Å²) in [7, 11) is 0. The lowest BCUT2D eigenvalue weighted by atomic mass is 10.0. The fourth-order valence-electron chi connectivity index (χ4n) is 3.69. The van der Waals surface area contributed by atoms with Gasteiger partial charge in [0.2, 0.25) is 5.91 Å². The molecule has 1 aliphatic heterocycles. The number of nitrogens with zero attached hydrogens (tertiary/aromatic N) is 2. The SMILES string of the molecule is Cc1ccccc1C(=O)N(CCC(=O)N1CCCC1)C(C)c1ccccc1. The van der Waals surface area contributed by atoms with Crippen molar-refractivity contribution >= 4 is 11.8 Å². The zero-order chi connectivity index (χ0) is 19.2. The molecule has 0 radical (unpaired) electrons. The van der Waals surface area contributed by atoms with Crippen molar-refractivity contribution in [2.24, 2.45) is 0 Å². The zero-order valence-electron chi connectivity index (χ0n) is 16.2. The van der Waals surface area contributed by atoms with E-state index in [9.17, 15) is 9.59 Å². The molecule has 2 amide bonds. The number of amides is 2. The number of hydrogen-bond acceptors (Lipinski definition) is 2. The smallest absolute Gasteiger partial charge is 0.254 e. The van der Waals surface area contributed by atoms with Crippen LogP contribution in [0.3, 0.4) is 0 Å². The highest BCUT2D eigenvalue weighted by molar-refractivity contribution is 5.96. The van der Waals surface area contributed by atoms with Crippen LogP contribution in [0.5, 0.6) is 0 Å². The van der Waals surface area contributed by atoms with E-state index in [1.807, 2.05) is 78.2 Å². The normalized spacial score (nSPS) is 14.8. The maximum atomic E-state index is 13.3. The maximum absolute atomic E-state index is 13.3. The second-order valence-corrected chi connectivity index (χ2v) is 7.24. The van der Waals surface area contributed by atoms with E-state index in [0.29, 0.717) is 18.5 Å². The molecule has 0 saturated carbocycles. The molecule has 1 unspecified atom stereocenters. The summed E-state index contributed by atoms with van der Waals surface area (Å²) in [4.78, 5) is 29.6. The first kappa shape index (κ1) is 19.2. The fraction of sp³-hybridized carbons (Fsp3) is 0.391. The van der Waals surface area contributed by atoms with Crippen LogP contribution in [0.4, 0.5) is 0 Å². The number of carbonyl (C=O) groups excluding carboxylic acids is 2. The van der Waals surface area contributed by atoms with Gasteiger partial charge in [-0.15, -0.1) is 0 Å². The van der Waals surface area contributed by atoms with Gasteiger partial charge in [-0.3, -0.25) is 9.59 Å². The van der Waals surface area contributed by atoms with Crippen LogP contribution in [0.15, 0.2) is 54.6 Å². The molecule has 0 aromatic heterocycles. The molecule has 1 heterocycles. The minimum atomic E-state index is -0.0929. The molecule has 0 spiro atoms. The zero-order valence-corrected chi connectivity index (χ0v) is 16.2. The van der Waals surface area contributed by atoms with E-state index in [-0.39, 0.29) is 17.9 Å². The molecule has 1 fully saturated rings. The molecule has 1 saturated heterocycles. The van der Waals surface area contributed by atoms with Crippen molar-refractivity contribution in [1.82, 2.24) is 9.80 Å². The third-order valence-electron chi connectivity index (χ3n) is 5.41. The van der Waals surface area contributed by atoms with Crippen molar-refractivity contribution in [3.63, 3.8) is 0 Å². The fourth-order valence-corrected chi connectivity index (χ4v) is 3.69. The first-order chi connectivity index (χ1) is 13.1.